The first-order valence-corrected chi connectivity index (χ1v) is 8.22. The summed E-state index contributed by atoms with van der Waals surface area (Å²) >= 11 is 6.08. The predicted octanol–water partition coefficient (Wildman–Crippen LogP) is 3.46. The molecule has 1 saturated carbocycles. The summed E-state index contributed by atoms with van der Waals surface area (Å²) in [5.74, 6) is -1.48. The van der Waals surface area contributed by atoms with E-state index in [0.29, 0.717) is 0 Å². The van der Waals surface area contributed by atoms with Crippen molar-refractivity contribution in [1.29, 1.82) is 0 Å². The lowest BCUT2D eigenvalue weighted by Crippen LogP contribution is -2.36. The molecule has 1 aromatic rings. The number of hydrogen-bond donors (Lipinski definition) is 2. The van der Waals surface area contributed by atoms with Gasteiger partial charge < -0.3 is 10.4 Å². The number of nitrogens with one attached hydrogen (secondary N) is 1. The standard InChI is InChI=1S/C16H19ClN2O5/c17-13-7-6-11(19(23)24)8-12(13)14(9-15(20)21)18-16(22)10-4-2-1-3-5-10/h6-8,10,14H,1-5,9H2,(H,18,22)(H,20,21)/t14-/m0/s1. The number of nitro groups is 1. The Hall–Kier alpha value is -2.15. The Bertz CT molecular complexity index is 643. The average Bonchev–Trinajstić information content (AvgIpc) is 2.54. The number of aliphatic carboxylic acids is 1. The normalized spacial score (nSPS) is 16.4. The van der Waals surface area contributed by atoms with E-state index in [4.69, 9.17) is 16.7 Å². The van der Waals surface area contributed by atoms with Crippen LogP contribution in [0.5, 0.6) is 0 Å². The zero-order valence-electron chi connectivity index (χ0n) is 13.0. The van der Waals surface area contributed by atoms with Crippen LogP contribution in [0.4, 0.5) is 5.69 Å². The molecule has 1 atom stereocenters. The summed E-state index contributed by atoms with van der Waals surface area (Å²) in [6.45, 7) is 0. The number of rotatable bonds is 6. The van der Waals surface area contributed by atoms with Crippen LogP contribution in [0.25, 0.3) is 0 Å². The summed E-state index contributed by atoms with van der Waals surface area (Å²) in [7, 11) is 0. The summed E-state index contributed by atoms with van der Waals surface area (Å²) < 4.78 is 0. The van der Waals surface area contributed by atoms with Crippen LogP contribution in [0.2, 0.25) is 5.02 Å². The molecule has 1 aromatic carbocycles. The first kappa shape index (κ1) is 18.2. The van der Waals surface area contributed by atoms with Gasteiger partial charge >= 0.3 is 5.97 Å². The molecule has 0 bridgehead atoms. The second-order valence-corrected chi connectivity index (χ2v) is 6.36. The fourth-order valence-electron chi connectivity index (χ4n) is 2.98. The Morgan fingerprint density at radius 2 is 2.00 bits per heavy atom. The highest BCUT2D eigenvalue weighted by molar-refractivity contribution is 6.31. The second-order valence-electron chi connectivity index (χ2n) is 5.96. The highest BCUT2D eigenvalue weighted by Crippen LogP contribution is 2.31. The van der Waals surface area contributed by atoms with E-state index >= 15 is 0 Å². The van der Waals surface area contributed by atoms with Gasteiger partial charge in [-0.25, -0.2) is 0 Å². The van der Waals surface area contributed by atoms with Gasteiger partial charge in [-0.05, 0) is 18.9 Å². The van der Waals surface area contributed by atoms with Gasteiger partial charge in [-0.15, -0.1) is 0 Å². The number of nitro benzene ring substituents is 1. The number of carbonyl (C=O) groups is 2. The maximum Gasteiger partial charge on any atom is 0.305 e. The number of carboxylic acids is 1. The quantitative estimate of drug-likeness (QED) is 0.600. The van der Waals surface area contributed by atoms with Gasteiger partial charge in [0.15, 0.2) is 0 Å². The van der Waals surface area contributed by atoms with E-state index in [1.807, 2.05) is 0 Å². The Labute approximate surface area is 144 Å². The van der Waals surface area contributed by atoms with Gasteiger partial charge in [0, 0.05) is 28.6 Å². The number of hydrogen-bond acceptors (Lipinski definition) is 4. The number of non-ortho nitro benzene ring substituents is 1. The molecule has 8 heteroatoms. The molecule has 0 aromatic heterocycles. The van der Waals surface area contributed by atoms with Gasteiger partial charge in [0.05, 0.1) is 17.4 Å². The van der Waals surface area contributed by atoms with Gasteiger partial charge in [-0.1, -0.05) is 30.9 Å². The lowest BCUT2D eigenvalue weighted by Gasteiger charge is -2.25. The van der Waals surface area contributed by atoms with Crippen LogP contribution in [0, 0.1) is 16.0 Å². The number of carboxylic acid groups (broad SMARTS) is 1. The van der Waals surface area contributed by atoms with E-state index in [-0.39, 0.29) is 34.5 Å². The van der Waals surface area contributed by atoms with Gasteiger partial charge in [0.25, 0.3) is 5.69 Å². The monoisotopic (exact) mass is 354 g/mol. The Balaban J connectivity index is 2.24. The van der Waals surface area contributed by atoms with E-state index in [9.17, 15) is 19.7 Å². The minimum atomic E-state index is -1.12. The number of nitrogens with zero attached hydrogens (tertiary/aromatic N) is 1. The molecule has 7 nitrogen and oxygen atoms in total. The molecular formula is C16H19ClN2O5. The summed E-state index contributed by atoms with van der Waals surface area (Å²) in [6.07, 6.45) is 4.19. The molecule has 2 N–H and O–H groups in total. The van der Waals surface area contributed by atoms with Crippen molar-refractivity contribution < 1.29 is 19.6 Å². The lowest BCUT2D eigenvalue weighted by atomic mass is 9.88. The van der Waals surface area contributed by atoms with E-state index in [0.717, 1.165) is 32.1 Å². The molecular weight excluding hydrogens is 336 g/mol. The number of halogens is 1. The van der Waals surface area contributed by atoms with E-state index in [1.54, 1.807) is 0 Å². The molecule has 1 amide bonds. The topological polar surface area (TPSA) is 110 Å². The van der Waals surface area contributed by atoms with Crippen molar-refractivity contribution in [1.82, 2.24) is 5.32 Å². The van der Waals surface area contributed by atoms with Gasteiger partial charge in [-0.2, -0.15) is 0 Å². The fraction of sp³-hybridized carbons (Fsp3) is 0.500. The highest BCUT2D eigenvalue weighted by atomic mass is 35.5. The minimum absolute atomic E-state index is 0.146. The van der Waals surface area contributed by atoms with Crippen LogP contribution in [0.1, 0.15) is 50.1 Å². The van der Waals surface area contributed by atoms with Crippen LogP contribution >= 0.6 is 11.6 Å². The average molecular weight is 355 g/mol. The molecule has 1 fully saturated rings. The fourth-order valence-corrected chi connectivity index (χ4v) is 3.23. The minimum Gasteiger partial charge on any atom is -0.481 e. The summed E-state index contributed by atoms with van der Waals surface area (Å²) in [6, 6.07) is 2.91. The van der Waals surface area contributed by atoms with Crippen molar-refractivity contribution in [2.24, 2.45) is 5.92 Å². The molecule has 0 heterocycles. The van der Waals surface area contributed by atoms with Gasteiger partial charge in [-0.3, -0.25) is 19.7 Å². The Kier molecular flexibility index (Phi) is 6.14. The van der Waals surface area contributed by atoms with Crippen molar-refractivity contribution in [2.75, 3.05) is 0 Å². The van der Waals surface area contributed by atoms with E-state index in [1.165, 1.54) is 18.2 Å². The molecule has 0 unspecified atom stereocenters. The SMILES string of the molecule is O=C(O)C[C@H](NC(=O)C1CCCCC1)c1cc([N+](=O)[O-])ccc1Cl. The molecule has 0 spiro atoms. The van der Waals surface area contributed by atoms with Crippen molar-refractivity contribution in [3.63, 3.8) is 0 Å². The molecule has 1 aliphatic rings. The number of amides is 1. The molecule has 0 radical (unpaired) electrons. The first-order chi connectivity index (χ1) is 11.4. The van der Waals surface area contributed by atoms with E-state index in [2.05, 4.69) is 5.32 Å². The third kappa shape index (κ3) is 4.67. The number of carbonyl (C=O) groups excluding carboxylic acids is 1. The molecule has 0 saturated heterocycles. The summed E-state index contributed by atoms with van der Waals surface area (Å²) in [4.78, 5) is 33.9. The van der Waals surface area contributed by atoms with Crippen molar-refractivity contribution in [2.45, 2.75) is 44.6 Å². The predicted molar refractivity (Wildman–Crippen MR) is 87.8 cm³/mol. The maximum absolute atomic E-state index is 12.4. The van der Waals surface area contributed by atoms with Gasteiger partial charge in [0.2, 0.25) is 5.91 Å². The maximum atomic E-state index is 12.4. The third-order valence-corrected chi connectivity index (χ3v) is 4.58. The zero-order chi connectivity index (χ0) is 17.7. The molecule has 130 valence electrons. The number of benzene rings is 1. The van der Waals surface area contributed by atoms with E-state index < -0.39 is 16.9 Å². The molecule has 24 heavy (non-hydrogen) atoms. The summed E-state index contributed by atoms with van der Waals surface area (Å²) in [5.41, 5.74) is 0.0501. The third-order valence-electron chi connectivity index (χ3n) is 4.24. The van der Waals surface area contributed by atoms with Crippen LogP contribution in [0.3, 0.4) is 0 Å². The first-order valence-electron chi connectivity index (χ1n) is 7.84. The molecule has 1 aliphatic carbocycles. The van der Waals surface area contributed by atoms with Crippen LogP contribution in [0.15, 0.2) is 18.2 Å². The van der Waals surface area contributed by atoms with Crippen molar-refractivity contribution in [3.8, 4) is 0 Å². The Morgan fingerprint density at radius 1 is 1.33 bits per heavy atom. The summed E-state index contributed by atoms with van der Waals surface area (Å²) in [5, 5.41) is 23.0. The zero-order valence-corrected chi connectivity index (χ0v) is 13.8. The largest absolute Gasteiger partial charge is 0.481 e. The van der Waals surface area contributed by atoms with Crippen LogP contribution < -0.4 is 5.32 Å². The van der Waals surface area contributed by atoms with Crippen LogP contribution in [-0.4, -0.2) is 21.9 Å². The smallest absolute Gasteiger partial charge is 0.305 e. The second kappa shape index (κ2) is 8.10. The van der Waals surface area contributed by atoms with Crippen molar-refractivity contribution in [3.05, 3.63) is 38.9 Å². The lowest BCUT2D eigenvalue weighted by molar-refractivity contribution is -0.384. The van der Waals surface area contributed by atoms with Gasteiger partial charge in [0.1, 0.15) is 0 Å². The Morgan fingerprint density at radius 3 is 2.58 bits per heavy atom. The molecule has 0 aliphatic heterocycles. The van der Waals surface area contributed by atoms with Crippen molar-refractivity contribution >= 4 is 29.2 Å². The highest BCUT2D eigenvalue weighted by Gasteiger charge is 2.27. The molecule has 2 rings (SSSR count). The van der Waals surface area contributed by atoms with Crippen LogP contribution in [-0.2, 0) is 9.59 Å².